The molecule has 0 aliphatic heterocycles. The molecule has 1 saturated carbocycles. The summed E-state index contributed by atoms with van der Waals surface area (Å²) in [6.45, 7) is -0.204. The summed E-state index contributed by atoms with van der Waals surface area (Å²) < 4.78 is 26.0. The Morgan fingerprint density at radius 1 is 1.67 bits per heavy atom. The number of sulfonamides is 1. The van der Waals surface area contributed by atoms with Crippen molar-refractivity contribution in [1.82, 2.24) is 14.9 Å². The molecular weight excluding hydrogens is 220 g/mol. The van der Waals surface area contributed by atoms with E-state index in [1.54, 1.807) is 0 Å². The van der Waals surface area contributed by atoms with Crippen LogP contribution in [-0.2, 0) is 10.0 Å². The zero-order valence-electron chi connectivity index (χ0n) is 7.90. The number of hydrogen-bond donors (Lipinski definition) is 4. The van der Waals surface area contributed by atoms with E-state index in [1.807, 2.05) is 0 Å². The first-order valence-corrected chi connectivity index (χ1v) is 5.91. The summed E-state index contributed by atoms with van der Waals surface area (Å²) in [6.07, 6.45) is 2.42. The fourth-order valence-corrected chi connectivity index (χ4v) is 2.76. The van der Waals surface area contributed by atoms with Gasteiger partial charge >= 0.3 is 0 Å². The number of aromatic nitrogens is 2. The molecule has 0 saturated heterocycles. The highest BCUT2D eigenvalue weighted by molar-refractivity contribution is 7.89. The third-order valence-electron chi connectivity index (χ3n) is 2.43. The Morgan fingerprint density at radius 3 is 2.73 bits per heavy atom. The van der Waals surface area contributed by atoms with Gasteiger partial charge in [0.1, 0.15) is 10.7 Å². The molecule has 7 nitrogen and oxygen atoms in total. The maximum atomic E-state index is 11.8. The predicted octanol–water partition coefficient (Wildman–Crippen LogP) is -1.20. The highest BCUT2D eigenvalue weighted by Gasteiger charge is 2.46. The summed E-state index contributed by atoms with van der Waals surface area (Å²) in [6, 6.07) is 0. The van der Waals surface area contributed by atoms with E-state index in [2.05, 4.69) is 14.9 Å². The van der Waals surface area contributed by atoms with Gasteiger partial charge in [0.15, 0.2) is 0 Å². The summed E-state index contributed by atoms with van der Waals surface area (Å²) in [7, 11) is -3.68. The number of rotatable bonds is 4. The molecule has 0 unspecified atom stereocenters. The lowest BCUT2D eigenvalue weighted by Crippen LogP contribution is -2.39. The van der Waals surface area contributed by atoms with Crippen LogP contribution < -0.4 is 10.5 Å². The Kier molecular flexibility index (Phi) is 2.21. The first kappa shape index (κ1) is 10.4. The van der Waals surface area contributed by atoms with Gasteiger partial charge in [0.2, 0.25) is 10.0 Å². The van der Waals surface area contributed by atoms with E-state index in [4.69, 9.17) is 10.8 Å². The fourth-order valence-electron chi connectivity index (χ4n) is 1.28. The molecule has 8 heteroatoms. The molecular formula is C7H12N4O3S. The van der Waals surface area contributed by atoms with Crippen molar-refractivity contribution in [2.75, 3.05) is 12.3 Å². The molecule has 1 heterocycles. The van der Waals surface area contributed by atoms with Crippen LogP contribution in [0.15, 0.2) is 11.1 Å². The molecule has 2 rings (SSSR count). The number of nitrogen functional groups attached to an aromatic ring is 1. The SMILES string of the molecule is Nc1[nH]ncc1S(=O)(=O)NC1(CO)CC1. The lowest BCUT2D eigenvalue weighted by Gasteiger charge is -2.13. The molecule has 5 N–H and O–H groups in total. The maximum Gasteiger partial charge on any atom is 0.246 e. The van der Waals surface area contributed by atoms with Gasteiger partial charge in [-0.1, -0.05) is 0 Å². The normalized spacial score (nSPS) is 19.0. The molecule has 1 aromatic rings. The van der Waals surface area contributed by atoms with Crippen molar-refractivity contribution in [1.29, 1.82) is 0 Å². The van der Waals surface area contributed by atoms with Crippen LogP contribution in [-0.4, -0.2) is 35.9 Å². The number of aliphatic hydroxyl groups is 1. The van der Waals surface area contributed by atoms with Gasteiger partial charge in [-0.3, -0.25) is 5.10 Å². The first-order chi connectivity index (χ1) is 6.99. The number of aromatic amines is 1. The van der Waals surface area contributed by atoms with E-state index in [0.717, 1.165) is 6.20 Å². The number of nitrogens with one attached hydrogen (secondary N) is 2. The molecule has 0 bridgehead atoms. The van der Waals surface area contributed by atoms with Crippen LogP contribution in [0, 0.1) is 0 Å². The number of H-pyrrole nitrogens is 1. The summed E-state index contributed by atoms with van der Waals surface area (Å²) in [5.41, 5.74) is 4.72. The molecule has 84 valence electrons. The Morgan fingerprint density at radius 2 is 2.33 bits per heavy atom. The number of nitrogens with zero attached hydrogens (tertiary/aromatic N) is 1. The summed E-state index contributed by atoms with van der Waals surface area (Å²) in [5, 5.41) is 14.9. The first-order valence-electron chi connectivity index (χ1n) is 4.43. The summed E-state index contributed by atoms with van der Waals surface area (Å²) in [4.78, 5) is -0.0813. The number of anilines is 1. The average Bonchev–Trinajstić information content (AvgIpc) is 2.78. The van der Waals surface area contributed by atoms with Crippen LogP contribution in [0.1, 0.15) is 12.8 Å². The number of hydrogen-bond acceptors (Lipinski definition) is 5. The van der Waals surface area contributed by atoms with Gasteiger partial charge in [-0.25, -0.2) is 13.1 Å². The molecule has 0 radical (unpaired) electrons. The van der Waals surface area contributed by atoms with E-state index in [-0.39, 0.29) is 17.3 Å². The molecule has 1 aliphatic rings. The molecule has 0 aromatic carbocycles. The molecule has 1 aromatic heterocycles. The third-order valence-corrected chi connectivity index (χ3v) is 4.03. The van der Waals surface area contributed by atoms with Crippen molar-refractivity contribution in [3.05, 3.63) is 6.20 Å². The van der Waals surface area contributed by atoms with Gasteiger partial charge < -0.3 is 10.8 Å². The minimum absolute atomic E-state index is 0.00348. The topological polar surface area (TPSA) is 121 Å². The van der Waals surface area contributed by atoms with Crippen molar-refractivity contribution < 1.29 is 13.5 Å². The molecule has 0 spiro atoms. The fraction of sp³-hybridized carbons (Fsp3) is 0.571. The minimum atomic E-state index is -3.68. The molecule has 15 heavy (non-hydrogen) atoms. The van der Waals surface area contributed by atoms with E-state index in [9.17, 15) is 8.42 Å². The van der Waals surface area contributed by atoms with Gasteiger partial charge in [-0.2, -0.15) is 5.10 Å². The van der Waals surface area contributed by atoms with Crippen LogP contribution >= 0.6 is 0 Å². The van der Waals surface area contributed by atoms with E-state index in [1.165, 1.54) is 0 Å². The van der Waals surface area contributed by atoms with Crippen molar-refractivity contribution in [3.8, 4) is 0 Å². The molecule has 0 atom stereocenters. The smallest absolute Gasteiger partial charge is 0.246 e. The van der Waals surface area contributed by atoms with Crippen LogP contribution in [0.5, 0.6) is 0 Å². The van der Waals surface area contributed by atoms with Crippen molar-refractivity contribution in [2.45, 2.75) is 23.3 Å². The quantitative estimate of drug-likeness (QED) is 0.519. The van der Waals surface area contributed by atoms with Gasteiger partial charge in [-0.15, -0.1) is 0 Å². The predicted molar refractivity (Wildman–Crippen MR) is 52.4 cm³/mol. The number of nitrogens with two attached hydrogens (primary N) is 1. The summed E-state index contributed by atoms with van der Waals surface area (Å²) >= 11 is 0. The van der Waals surface area contributed by atoms with Crippen molar-refractivity contribution in [3.63, 3.8) is 0 Å². The van der Waals surface area contributed by atoms with E-state index < -0.39 is 15.6 Å². The monoisotopic (exact) mass is 232 g/mol. The number of aliphatic hydroxyl groups excluding tert-OH is 1. The standard InChI is InChI=1S/C7H12N4O3S/c8-6-5(3-9-10-6)15(13,14)11-7(4-12)1-2-7/h3,11-12H,1-2,4H2,(H3,8,9,10). The second-order valence-electron chi connectivity index (χ2n) is 3.69. The summed E-state index contributed by atoms with van der Waals surface area (Å²) in [5.74, 6) is -0.00348. The highest BCUT2D eigenvalue weighted by atomic mass is 32.2. The Labute approximate surface area is 86.7 Å². The van der Waals surface area contributed by atoms with Crippen LogP contribution in [0.4, 0.5) is 5.82 Å². The lowest BCUT2D eigenvalue weighted by atomic mass is 10.3. The van der Waals surface area contributed by atoms with Gasteiger partial charge in [-0.05, 0) is 12.8 Å². The van der Waals surface area contributed by atoms with Crippen molar-refractivity contribution >= 4 is 15.8 Å². The maximum absolute atomic E-state index is 11.8. The van der Waals surface area contributed by atoms with Gasteiger partial charge in [0, 0.05) is 0 Å². The van der Waals surface area contributed by atoms with Gasteiger partial charge in [0.05, 0.1) is 18.3 Å². The average molecular weight is 232 g/mol. The minimum Gasteiger partial charge on any atom is -0.394 e. The lowest BCUT2D eigenvalue weighted by molar-refractivity contribution is 0.246. The third kappa shape index (κ3) is 1.83. The van der Waals surface area contributed by atoms with Gasteiger partial charge in [0.25, 0.3) is 0 Å². The van der Waals surface area contributed by atoms with E-state index in [0.29, 0.717) is 12.8 Å². The molecule has 1 fully saturated rings. The molecule has 0 amide bonds. The van der Waals surface area contributed by atoms with Crippen molar-refractivity contribution in [2.24, 2.45) is 0 Å². The van der Waals surface area contributed by atoms with Crippen LogP contribution in [0.3, 0.4) is 0 Å². The zero-order valence-corrected chi connectivity index (χ0v) is 8.71. The van der Waals surface area contributed by atoms with E-state index >= 15 is 0 Å². The second kappa shape index (κ2) is 3.19. The zero-order chi connectivity index (χ0) is 11.1. The Bertz CT molecular complexity index is 462. The Hall–Kier alpha value is -1.12. The second-order valence-corrected chi connectivity index (χ2v) is 5.34. The van der Waals surface area contributed by atoms with Crippen LogP contribution in [0.2, 0.25) is 0 Å². The Balaban J connectivity index is 2.25. The van der Waals surface area contributed by atoms with Crippen LogP contribution in [0.25, 0.3) is 0 Å². The largest absolute Gasteiger partial charge is 0.394 e. The highest BCUT2D eigenvalue weighted by Crippen LogP contribution is 2.36. The molecule has 1 aliphatic carbocycles.